The summed E-state index contributed by atoms with van der Waals surface area (Å²) in [5.41, 5.74) is 2.77. The predicted octanol–water partition coefficient (Wildman–Crippen LogP) is 3.87. The average Bonchev–Trinajstić information content (AvgIpc) is 3.44. The fourth-order valence-corrected chi connectivity index (χ4v) is 3.78. The van der Waals surface area contributed by atoms with Crippen LogP contribution in [0.1, 0.15) is 48.5 Å². The largest absolute Gasteiger partial charge is 0.493 e. The highest BCUT2D eigenvalue weighted by atomic mass is 16.6. The van der Waals surface area contributed by atoms with Gasteiger partial charge in [0.2, 0.25) is 5.75 Å². The van der Waals surface area contributed by atoms with E-state index < -0.39 is 5.60 Å². The average molecular weight is 425 g/mol. The molecule has 164 valence electrons. The lowest BCUT2D eigenvalue weighted by Gasteiger charge is -2.21. The van der Waals surface area contributed by atoms with E-state index in [0.29, 0.717) is 35.8 Å². The topological polar surface area (TPSA) is 83.1 Å². The van der Waals surface area contributed by atoms with Crippen molar-refractivity contribution in [3.05, 3.63) is 41.5 Å². The molecule has 0 saturated heterocycles. The van der Waals surface area contributed by atoms with E-state index in [1.807, 2.05) is 37.3 Å². The van der Waals surface area contributed by atoms with Crippen LogP contribution in [0.15, 0.2) is 30.3 Å². The third-order valence-corrected chi connectivity index (χ3v) is 5.67. The van der Waals surface area contributed by atoms with Gasteiger partial charge in [-0.3, -0.25) is 9.59 Å². The van der Waals surface area contributed by atoms with Crippen LogP contribution in [0, 0.1) is 0 Å². The molecule has 0 unspecified atom stereocenters. The van der Waals surface area contributed by atoms with E-state index in [-0.39, 0.29) is 18.5 Å². The van der Waals surface area contributed by atoms with Crippen LogP contribution in [0.3, 0.4) is 0 Å². The lowest BCUT2D eigenvalue weighted by molar-refractivity contribution is -0.153. The number of esters is 1. The molecule has 1 amide bonds. The van der Waals surface area contributed by atoms with Crippen molar-refractivity contribution >= 4 is 11.9 Å². The summed E-state index contributed by atoms with van der Waals surface area (Å²) in [4.78, 5) is 23.9. The Morgan fingerprint density at radius 1 is 1.06 bits per heavy atom. The van der Waals surface area contributed by atoms with E-state index in [4.69, 9.17) is 18.9 Å². The number of hydrogen-bond acceptors (Lipinski definition) is 6. The summed E-state index contributed by atoms with van der Waals surface area (Å²) < 4.78 is 23.0. The molecule has 0 aromatic heterocycles. The Balaban J connectivity index is 1.66. The lowest BCUT2D eigenvalue weighted by Crippen LogP contribution is -2.27. The number of carbonyl (C=O) groups is 2. The summed E-state index contributed by atoms with van der Waals surface area (Å²) in [7, 11) is 3.14. The van der Waals surface area contributed by atoms with Gasteiger partial charge in [0.25, 0.3) is 5.91 Å². The van der Waals surface area contributed by atoms with Crippen LogP contribution in [-0.2, 0) is 16.1 Å². The van der Waals surface area contributed by atoms with E-state index in [1.54, 1.807) is 14.2 Å². The first-order valence-electron chi connectivity index (χ1n) is 10.5. The minimum Gasteiger partial charge on any atom is -0.493 e. The molecule has 1 aliphatic carbocycles. The maximum absolute atomic E-state index is 12.0. The molecule has 7 nitrogen and oxygen atoms in total. The van der Waals surface area contributed by atoms with Gasteiger partial charge in [-0.05, 0) is 54.7 Å². The Bertz CT molecular complexity index is 1010. The molecule has 2 aromatic rings. The first kappa shape index (κ1) is 21.0. The zero-order valence-corrected chi connectivity index (χ0v) is 18.1. The summed E-state index contributed by atoms with van der Waals surface area (Å²) in [5.74, 6) is 1.29. The minimum absolute atomic E-state index is 0.0603. The molecule has 1 heterocycles. The second kappa shape index (κ2) is 8.49. The number of nitrogens with one attached hydrogen (secondary N) is 1. The number of methoxy groups -OCH3 is 2. The Hall–Kier alpha value is -3.22. The SMILES string of the molecule is CCCC(=O)OC1(COc2c(-c3ccc4c(c3)CNC4=O)ccc(OC)c2OC)CC1. The number of rotatable bonds is 9. The first-order valence-corrected chi connectivity index (χ1v) is 10.5. The summed E-state index contributed by atoms with van der Waals surface area (Å²) in [5, 5.41) is 2.84. The first-order chi connectivity index (χ1) is 15.0. The summed E-state index contributed by atoms with van der Waals surface area (Å²) in [6.45, 7) is 2.69. The number of fused-ring (bicyclic) bond motifs is 1. The molecule has 2 aliphatic rings. The minimum atomic E-state index is -0.577. The summed E-state index contributed by atoms with van der Waals surface area (Å²) in [6.07, 6.45) is 2.70. The smallest absolute Gasteiger partial charge is 0.306 e. The molecule has 0 atom stereocenters. The van der Waals surface area contributed by atoms with Crippen molar-refractivity contribution in [2.75, 3.05) is 20.8 Å². The highest BCUT2D eigenvalue weighted by Gasteiger charge is 2.48. The van der Waals surface area contributed by atoms with Crippen LogP contribution >= 0.6 is 0 Å². The fourth-order valence-electron chi connectivity index (χ4n) is 3.78. The zero-order chi connectivity index (χ0) is 22.0. The maximum atomic E-state index is 12.0. The molecule has 1 fully saturated rings. The van der Waals surface area contributed by atoms with E-state index in [0.717, 1.165) is 36.0 Å². The second-order valence-corrected chi connectivity index (χ2v) is 7.93. The van der Waals surface area contributed by atoms with Crippen molar-refractivity contribution in [2.24, 2.45) is 0 Å². The zero-order valence-electron chi connectivity index (χ0n) is 18.1. The predicted molar refractivity (Wildman–Crippen MR) is 115 cm³/mol. The van der Waals surface area contributed by atoms with Gasteiger partial charge in [-0.15, -0.1) is 0 Å². The molecule has 1 saturated carbocycles. The van der Waals surface area contributed by atoms with Gasteiger partial charge in [0.05, 0.1) is 14.2 Å². The Labute approximate surface area is 181 Å². The van der Waals surface area contributed by atoms with Crippen molar-refractivity contribution < 1.29 is 28.5 Å². The third-order valence-electron chi connectivity index (χ3n) is 5.67. The molecule has 4 rings (SSSR count). The molecule has 0 radical (unpaired) electrons. The van der Waals surface area contributed by atoms with Crippen molar-refractivity contribution in [2.45, 2.75) is 44.8 Å². The number of amides is 1. The van der Waals surface area contributed by atoms with E-state index in [2.05, 4.69) is 5.32 Å². The number of benzene rings is 2. The van der Waals surface area contributed by atoms with Crippen molar-refractivity contribution in [1.29, 1.82) is 0 Å². The highest BCUT2D eigenvalue weighted by Crippen LogP contribution is 2.47. The number of carbonyl (C=O) groups excluding carboxylic acids is 2. The van der Waals surface area contributed by atoms with E-state index in [9.17, 15) is 9.59 Å². The molecule has 2 aromatic carbocycles. The Morgan fingerprint density at radius 3 is 2.52 bits per heavy atom. The normalized spacial score (nSPS) is 15.6. The highest BCUT2D eigenvalue weighted by molar-refractivity contribution is 5.99. The molecule has 1 N–H and O–H groups in total. The van der Waals surface area contributed by atoms with Crippen LogP contribution in [0.25, 0.3) is 11.1 Å². The van der Waals surface area contributed by atoms with Crippen LogP contribution in [0.2, 0.25) is 0 Å². The van der Waals surface area contributed by atoms with Gasteiger partial charge < -0.3 is 24.3 Å². The Morgan fingerprint density at radius 2 is 1.84 bits per heavy atom. The third kappa shape index (κ3) is 4.17. The Kier molecular flexibility index (Phi) is 5.76. The van der Waals surface area contributed by atoms with Gasteiger partial charge in [0, 0.05) is 24.1 Å². The van der Waals surface area contributed by atoms with Gasteiger partial charge in [-0.2, -0.15) is 0 Å². The monoisotopic (exact) mass is 425 g/mol. The van der Waals surface area contributed by atoms with Crippen molar-refractivity contribution in [3.8, 4) is 28.4 Å². The molecule has 31 heavy (non-hydrogen) atoms. The second-order valence-electron chi connectivity index (χ2n) is 7.93. The van der Waals surface area contributed by atoms with Crippen LogP contribution in [0.5, 0.6) is 17.2 Å². The van der Waals surface area contributed by atoms with Gasteiger partial charge in [-0.25, -0.2) is 0 Å². The van der Waals surface area contributed by atoms with Gasteiger partial charge in [0.15, 0.2) is 11.5 Å². The quantitative estimate of drug-likeness (QED) is 0.614. The molecular weight excluding hydrogens is 398 g/mol. The molecule has 0 bridgehead atoms. The maximum Gasteiger partial charge on any atom is 0.306 e. The van der Waals surface area contributed by atoms with Crippen molar-refractivity contribution in [3.63, 3.8) is 0 Å². The summed E-state index contributed by atoms with van der Waals surface area (Å²) in [6, 6.07) is 9.43. The van der Waals surface area contributed by atoms with E-state index in [1.165, 1.54) is 0 Å². The van der Waals surface area contributed by atoms with Crippen LogP contribution in [-0.4, -0.2) is 38.3 Å². The number of hydrogen-bond donors (Lipinski definition) is 1. The lowest BCUT2D eigenvalue weighted by atomic mass is 9.99. The standard InChI is InChI=1S/C24H27NO6/c1-4-5-20(26)31-24(10-11-24)14-30-21-17(8-9-19(28-2)22(21)29-3)15-6-7-18-16(12-15)13-25-23(18)27/h6-9,12H,4-5,10-11,13-14H2,1-3H3,(H,25,27). The fraction of sp³-hybridized carbons (Fsp3) is 0.417. The van der Waals surface area contributed by atoms with E-state index >= 15 is 0 Å². The van der Waals surface area contributed by atoms with Gasteiger partial charge in [0.1, 0.15) is 12.2 Å². The molecular formula is C24H27NO6. The number of ether oxygens (including phenoxy) is 4. The van der Waals surface area contributed by atoms with Gasteiger partial charge in [-0.1, -0.05) is 13.0 Å². The van der Waals surface area contributed by atoms with Crippen LogP contribution in [0.4, 0.5) is 0 Å². The van der Waals surface area contributed by atoms with Gasteiger partial charge >= 0.3 is 5.97 Å². The molecule has 1 aliphatic heterocycles. The molecule has 7 heteroatoms. The van der Waals surface area contributed by atoms with Crippen molar-refractivity contribution in [1.82, 2.24) is 5.32 Å². The van der Waals surface area contributed by atoms with Crippen LogP contribution < -0.4 is 19.5 Å². The molecule has 0 spiro atoms. The summed E-state index contributed by atoms with van der Waals surface area (Å²) >= 11 is 0.